The van der Waals surface area contributed by atoms with Crippen LogP contribution in [-0.4, -0.2) is 59.6 Å². The Balaban J connectivity index is 1.27. The summed E-state index contributed by atoms with van der Waals surface area (Å²) >= 11 is 0. The lowest BCUT2D eigenvalue weighted by Gasteiger charge is -2.37. The van der Waals surface area contributed by atoms with Gasteiger partial charge in [0.2, 0.25) is 0 Å². The molecule has 9 nitrogen and oxygen atoms in total. The molecule has 1 amide bonds. The minimum absolute atomic E-state index is 0.0320. The second-order valence-corrected chi connectivity index (χ2v) is 14.3. The molecule has 0 aliphatic carbocycles. The highest BCUT2D eigenvalue weighted by atomic mass is 16.6. The van der Waals surface area contributed by atoms with Gasteiger partial charge in [-0.1, -0.05) is 91.0 Å². The molecule has 0 radical (unpaired) electrons. The van der Waals surface area contributed by atoms with Gasteiger partial charge in [0.1, 0.15) is 22.7 Å². The monoisotopic (exact) mass is 687 g/mol. The molecule has 7 aromatic rings. The second-order valence-electron chi connectivity index (χ2n) is 14.3. The van der Waals surface area contributed by atoms with Crippen molar-refractivity contribution in [2.45, 2.75) is 50.7 Å². The van der Waals surface area contributed by atoms with Crippen LogP contribution in [0.15, 0.2) is 134 Å². The number of aromatic amines is 1. The average molecular weight is 688 g/mol. The Morgan fingerprint density at radius 2 is 1.40 bits per heavy atom. The van der Waals surface area contributed by atoms with Crippen LogP contribution in [0, 0.1) is 0 Å². The van der Waals surface area contributed by atoms with Crippen molar-refractivity contribution in [1.29, 1.82) is 0 Å². The number of benzene rings is 4. The van der Waals surface area contributed by atoms with Crippen molar-refractivity contribution < 1.29 is 9.53 Å². The van der Waals surface area contributed by atoms with E-state index in [0.717, 1.165) is 63.1 Å². The van der Waals surface area contributed by atoms with Crippen molar-refractivity contribution in [3.8, 4) is 22.6 Å². The van der Waals surface area contributed by atoms with Gasteiger partial charge in [0.15, 0.2) is 5.82 Å². The van der Waals surface area contributed by atoms with Gasteiger partial charge in [-0.3, -0.25) is 10.1 Å². The van der Waals surface area contributed by atoms with E-state index in [4.69, 9.17) is 19.9 Å². The van der Waals surface area contributed by atoms with E-state index in [-0.39, 0.29) is 12.0 Å². The number of fused-ring (bicyclic) bond motifs is 1. The lowest BCUT2D eigenvalue weighted by Crippen LogP contribution is -2.42. The molecule has 0 bridgehead atoms. The Bertz CT molecular complexity index is 2200. The topological polar surface area (TPSA) is 102 Å². The summed E-state index contributed by atoms with van der Waals surface area (Å²) in [6, 6.07) is 42.1. The molecule has 1 aliphatic heterocycles. The maximum atomic E-state index is 12.9. The van der Waals surface area contributed by atoms with Gasteiger partial charge < -0.3 is 9.64 Å². The van der Waals surface area contributed by atoms with E-state index in [2.05, 4.69) is 106 Å². The predicted molar refractivity (Wildman–Crippen MR) is 203 cm³/mol. The Hall–Kier alpha value is -6.09. The van der Waals surface area contributed by atoms with Gasteiger partial charge in [-0.05, 0) is 80.6 Å². The zero-order valence-corrected chi connectivity index (χ0v) is 29.6. The fraction of sp³-hybridized carbons (Fsp3) is 0.233. The fourth-order valence-corrected chi connectivity index (χ4v) is 7.42. The number of amides is 1. The highest BCUT2D eigenvalue weighted by molar-refractivity contribution is 5.96. The van der Waals surface area contributed by atoms with Crippen molar-refractivity contribution in [1.82, 2.24) is 34.8 Å². The van der Waals surface area contributed by atoms with Crippen molar-refractivity contribution in [3.05, 3.63) is 156 Å². The molecular weight excluding hydrogens is 647 g/mol. The third-order valence-electron chi connectivity index (χ3n) is 9.75. The highest BCUT2D eigenvalue weighted by Crippen LogP contribution is 2.44. The molecule has 4 heterocycles. The molecule has 3 aromatic heterocycles. The van der Waals surface area contributed by atoms with E-state index in [0.29, 0.717) is 18.9 Å². The first-order chi connectivity index (χ1) is 25.3. The number of nitrogens with zero attached hydrogens (tertiary/aromatic N) is 6. The van der Waals surface area contributed by atoms with Gasteiger partial charge in [-0.25, -0.2) is 14.5 Å². The number of aromatic nitrogens is 6. The van der Waals surface area contributed by atoms with Gasteiger partial charge in [0.25, 0.3) is 0 Å². The van der Waals surface area contributed by atoms with Gasteiger partial charge in [0.05, 0.1) is 5.52 Å². The number of ether oxygens (including phenoxy) is 1. The zero-order chi connectivity index (χ0) is 35.7. The number of hydrogen-bond acceptors (Lipinski definition) is 6. The first-order valence-electron chi connectivity index (χ1n) is 17.8. The van der Waals surface area contributed by atoms with Crippen molar-refractivity contribution in [2.75, 3.05) is 13.1 Å². The molecule has 1 saturated heterocycles. The zero-order valence-electron chi connectivity index (χ0n) is 29.6. The van der Waals surface area contributed by atoms with Crippen LogP contribution >= 0.6 is 0 Å². The van der Waals surface area contributed by atoms with E-state index in [1.165, 1.54) is 0 Å². The van der Waals surface area contributed by atoms with Gasteiger partial charge >= 0.3 is 6.09 Å². The van der Waals surface area contributed by atoms with E-state index in [9.17, 15) is 4.79 Å². The molecule has 1 atom stereocenters. The summed E-state index contributed by atoms with van der Waals surface area (Å²) in [7, 11) is 0. The molecule has 0 unspecified atom stereocenters. The Morgan fingerprint density at radius 3 is 2.00 bits per heavy atom. The molecule has 8 rings (SSSR count). The van der Waals surface area contributed by atoms with Crippen LogP contribution in [-0.2, 0) is 10.3 Å². The quantitative estimate of drug-likeness (QED) is 0.168. The number of H-pyrrole nitrogens is 1. The van der Waals surface area contributed by atoms with Crippen molar-refractivity contribution >= 4 is 17.0 Å². The number of carbonyl (C=O) groups is 1. The van der Waals surface area contributed by atoms with Crippen LogP contribution in [0.1, 0.15) is 62.0 Å². The number of likely N-dealkylation sites (tertiary alicyclic amines) is 1. The summed E-state index contributed by atoms with van der Waals surface area (Å²) in [4.78, 5) is 24.0. The fourth-order valence-electron chi connectivity index (χ4n) is 7.42. The minimum Gasteiger partial charge on any atom is -0.444 e. The van der Waals surface area contributed by atoms with Crippen LogP contribution in [0.5, 0.6) is 0 Å². The Labute approximate surface area is 303 Å². The van der Waals surface area contributed by atoms with E-state index in [1.807, 2.05) is 51.1 Å². The predicted octanol–water partition coefficient (Wildman–Crippen LogP) is 8.84. The number of piperidine rings is 1. The first-order valence-corrected chi connectivity index (χ1v) is 17.8. The second kappa shape index (κ2) is 13.6. The molecular formula is C43H41N7O2. The van der Waals surface area contributed by atoms with Crippen LogP contribution in [0.25, 0.3) is 33.5 Å². The van der Waals surface area contributed by atoms with Crippen LogP contribution < -0.4 is 0 Å². The lowest BCUT2D eigenvalue weighted by atomic mass is 9.77. The third-order valence-corrected chi connectivity index (χ3v) is 9.75. The van der Waals surface area contributed by atoms with Gasteiger partial charge in [-0.2, -0.15) is 10.2 Å². The normalized spacial score (nSPS) is 15.1. The molecule has 1 N–H and O–H groups in total. The number of rotatable bonds is 7. The summed E-state index contributed by atoms with van der Waals surface area (Å²) in [6.07, 6.45) is 5.09. The van der Waals surface area contributed by atoms with Crippen molar-refractivity contribution in [2.24, 2.45) is 0 Å². The van der Waals surface area contributed by atoms with E-state index in [1.54, 1.807) is 17.3 Å². The number of nitrogens with one attached hydrogen (secondary N) is 1. The Morgan fingerprint density at radius 1 is 0.788 bits per heavy atom. The molecule has 0 saturated carbocycles. The molecule has 260 valence electrons. The van der Waals surface area contributed by atoms with Crippen LogP contribution in [0.3, 0.4) is 0 Å². The van der Waals surface area contributed by atoms with Gasteiger partial charge in [-0.15, -0.1) is 0 Å². The smallest absolute Gasteiger partial charge is 0.410 e. The SMILES string of the molecule is CC(C)(C)OC(=O)N1CCC[C@@H](c2nc(-c3ccc4c(c3)c(-c3ccncc3)nn4C(c3ccccc3)(c3ccccc3)c3ccccc3)n[nH]2)C1. The number of hydrogen-bond donors (Lipinski definition) is 1. The molecule has 4 aromatic carbocycles. The Kier molecular flexibility index (Phi) is 8.63. The molecule has 9 heteroatoms. The number of carbonyl (C=O) groups excluding carboxylic acids is 1. The number of pyridine rings is 1. The summed E-state index contributed by atoms with van der Waals surface area (Å²) in [5.74, 6) is 1.40. The highest BCUT2D eigenvalue weighted by Gasteiger charge is 2.41. The molecule has 1 aliphatic rings. The summed E-state index contributed by atoms with van der Waals surface area (Å²) in [5, 5.41) is 14.4. The van der Waals surface area contributed by atoms with E-state index >= 15 is 0 Å². The summed E-state index contributed by atoms with van der Waals surface area (Å²) in [6.45, 7) is 6.87. The third kappa shape index (κ3) is 6.12. The average Bonchev–Trinajstić information content (AvgIpc) is 3.83. The lowest BCUT2D eigenvalue weighted by molar-refractivity contribution is 0.0196. The van der Waals surface area contributed by atoms with Crippen LogP contribution in [0.2, 0.25) is 0 Å². The first kappa shape index (κ1) is 33.1. The molecule has 0 spiro atoms. The maximum absolute atomic E-state index is 12.9. The minimum atomic E-state index is -0.798. The van der Waals surface area contributed by atoms with E-state index < -0.39 is 11.1 Å². The molecule has 1 fully saturated rings. The summed E-state index contributed by atoms with van der Waals surface area (Å²) in [5.41, 5.74) is 5.55. The molecule has 52 heavy (non-hydrogen) atoms. The van der Waals surface area contributed by atoms with Gasteiger partial charge in [0, 0.05) is 47.9 Å². The largest absolute Gasteiger partial charge is 0.444 e. The summed E-state index contributed by atoms with van der Waals surface area (Å²) < 4.78 is 7.84. The maximum Gasteiger partial charge on any atom is 0.410 e. The van der Waals surface area contributed by atoms with Crippen LogP contribution in [0.4, 0.5) is 4.79 Å². The van der Waals surface area contributed by atoms with Crippen molar-refractivity contribution in [3.63, 3.8) is 0 Å². The standard InChI is InChI=1S/C43H41N7O2/c1-42(2,3)52-41(51)49-27-13-14-32(29-49)40-45-39(46-47-40)31-21-22-37-36(28-31)38(30-23-25-44-26-24-30)48-50(37)43(33-15-7-4-8-16-33,34-17-9-5-10-18-34)35-19-11-6-12-20-35/h4-12,15-26,28,32H,13-14,27,29H2,1-3H3,(H,45,46,47)/t32-/m1/s1.